The van der Waals surface area contributed by atoms with Crippen molar-refractivity contribution in [2.24, 2.45) is 5.41 Å². The zero-order valence-electron chi connectivity index (χ0n) is 11.7. The zero-order chi connectivity index (χ0) is 12.3. The van der Waals surface area contributed by atoms with E-state index in [1.807, 2.05) is 0 Å². The van der Waals surface area contributed by atoms with Crippen LogP contribution < -0.4 is 5.32 Å². The van der Waals surface area contributed by atoms with E-state index in [1.54, 1.807) is 0 Å². The molecule has 0 unspecified atom stereocenters. The average Bonchev–Trinajstić information content (AvgIpc) is 2.26. The summed E-state index contributed by atoms with van der Waals surface area (Å²) in [6.45, 7) is 9.08. The van der Waals surface area contributed by atoms with Gasteiger partial charge in [0.1, 0.15) is 0 Å². The number of piperidine rings is 1. The van der Waals surface area contributed by atoms with Crippen molar-refractivity contribution in [3.63, 3.8) is 0 Å². The summed E-state index contributed by atoms with van der Waals surface area (Å²) in [5.41, 5.74) is 0.517. The molecule has 0 aromatic rings. The van der Waals surface area contributed by atoms with E-state index in [2.05, 4.69) is 31.1 Å². The fourth-order valence-corrected chi connectivity index (χ4v) is 2.83. The second-order valence-corrected chi connectivity index (χ2v) is 6.24. The Morgan fingerprint density at radius 1 is 1.29 bits per heavy atom. The van der Waals surface area contributed by atoms with Gasteiger partial charge >= 0.3 is 0 Å². The Balaban J connectivity index is 1.62. The van der Waals surface area contributed by atoms with Gasteiger partial charge in [0, 0.05) is 19.2 Å². The predicted molar refractivity (Wildman–Crippen MR) is 71.3 cm³/mol. The Labute approximate surface area is 106 Å². The maximum Gasteiger partial charge on any atom is 0.0604 e. The highest BCUT2D eigenvalue weighted by Crippen LogP contribution is 2.31. The van der Waals surface area contributed by atoms with Gasteiger partial charge in [0.15, 0.2) is 0 Å². The number of hydrogen-bond acceptors (Lipinski definition) is 3. The van der Waals surface area contributed by atoms with Crippen LogP contribution in [0, 0.1) is 5.41 Å². The summed E-state index contributed by atoms with van der Waals surface area (Å²) in [5, 5.41) is 3.73. The Morgan fingerprint density at radius 3 is 2.53 bits per heavy atom. The maximum atomic E-state index is 5.59. The van der Waals surface area contributed by atoms with E-state index < -0.39 is 0 Å². The summed E-state index contributed by atoms with van der Waals surface area (Å²) in [6, 6.07) is 0.711. The van der Waals surface area contributed by atoms with Crippen LogP contribution in [0.5, 0.6) is 0 Å². The fraction of sp³-hybridized carbons (Fsp3) is 1.00. The van der Waals surface area contributed by atoms with E-state index in [0.717, 1.165) is 6.61 Å². The molecule has 2 rings (SSSR count). The summed E-state index contributed by atoms with van der Waals surface area (Å²) >= 11 is 0. The molecule has 3 nitrogen and oxygen atoms in total. The number of nitrogens with one attached hydrogen (secondary N) is 1. The molecule has 1 aliphatic heterocycles. The van der Waals surface area contributed by atoms with Gasteiger partial charge in [0.2, 0.25) is 0 Å². The molecule has 2 aliphatic rings. The monoisotopic (exact) mass is 240 g/mol. The molecule has 0 atom stereocenters. The van der Waals surface area contributed by atoms with Crippen molar-refractivity contribution >= 4 is 0 Å². The molecule has 0 radical (unpaired) electrons. The topological polar surface area (TPSA) is 24.5 Å². The second-order valence-electron chi connectivity index (χ2n) is 6.24. The largest absolute Gasteiger partial charge is 0.378 e. The summed E-state index contributed by atoms with van der Waals surface area (Å²) < 4.78 is 5.59. The van der Waals surface area contributed by atoms with Gasteiger partial charge in [-0.05, 0) is 58.2 Å². The Bertz CT molecular complexity index is 230. The van der Waals surface area contributed by atoms with Crippen LogP contribution >= 0.6 is 0 Å². The van der Waals surface area contributed by atoms with Crippen LogP contribution in [-0.4, -0.2) is 50.3 Å². The van der Waals surface area contributed by atoms with Crippen LogP contribution in [-0.2, 0) is 4.74 Å². The Morgan fingerprint density at radius 2 is 1.94 bits per heavy atom. The number of hydrogen-bond donors (Lipinski definition) is 1. The highest BCUT2D eigenvalue weighted by atomic mass is 16.5. The Kier molecular flexibility index (Phi) is 4.45. The third-order valence-corrected chi connectivity index (χ3v) is 4.51. The molecular formula is C14H28N2O. The van der Waals surface area contributed by atoms with Crippen molar-refractivity contribution in [2.75, 3.05) is 33.3 Å². The summed E-state index contributed by atoms with van der Waals surface area (Å²) in [6.07, 6.45) is 5.62. The van der Waals surface area contributed by atoms with Gasteiger partial charge in [-0.2, -0.15) is 0 Å². The van der Waals surface area contributed by atoms with Crippen LogP contribution in [0.25, 0.3) is 0 Å². The molecule has 0 bridgehead atoms. The smallest absolute Gasteiger partial charge is 0.0604 e. The van der Waals surface area contributed by atoms with E-state index in [4.69, 9.17) is 4.74 Å². The van der Waals surface area contributed by atoms with E-state index in [9.17, 15) is 0 Å². The molecule has 0 aromatic heterocycles. The van der Waals surface area contributed by atoms with Gasteiger partial charge in [-0.1, -0.05) is 6.92 Å². The number of nitrogens with zero attached hydrogens (tertiary/aromatic N) is 1. The van der Waals surface area contributed by atoms with Crippen LogP contribution in [0.3, 0.4) is 0 Å². The van der Waals surface area contributed by atoms with Crippen molar-refractivity contribution in [3.05, 3.63) is 0 Å². The number of ether oxygens (including phenoxy) is 1. The molecule has 0 amide bonds. The van der Waals surface area contributed by atoms with E-state index >= 15 is 0 Å². The second kappa shape index (κ2) is 5.68. The quantitative estimate of drug-likeness (QED) is 0.794. The van der Waals surface area contributed by atoms with E-state index in [1.165, 1.54) is 45.3 Å². The lowest BCUT2D eigenvalue weighted by Crippen LogP contribution is -2.50. The molecule has 0 aromatic carbocycles. The van der Waals surface area contributed by atoms with Crippen LogP contribution in [0.15, 0.2) is 0 Å². The van der Waals surface area contributed by atoms with Crippen molar-refractivity contribution in [1.29, 1.82) is 0 Å². The molecule has 1 heterocycles. The van der Waals surface area contributed by atoms with Crippen LogP contribution in [0.1, 0.15) is 39.5 Å². The molecular weight excluding hydrogens is 212 g/mol. The van der Waals surface area contributed by atoms with Gasteiger partial charge in [-0.3, -0.25) is 0 Å². The van der Waals surface area contributed by atoms with Gasteiger partial charge in [-0.25, -0.2) is 0 Å². The van der Waals surface area contributed by atoms with Crippen molar-refractivity contribution < 1.29 is 4.74 Å². The van der Waals surface area contributed by atoms with Crippen LogP contribution in [0.2, 0.25) is 0 Å². The third-order valence-electron chi connectivity index (χ3n) is 4.51. The summed E-state index contributed by atoms with van der Waals surface area (Å²) in [4.78, 5) is 2.44. The Hall–Kier alpha value is -0.120. The lowest BCUT2D eigenvalue weighted by atomic mass is 9.79. The molecule has 17 heavy (non-hydrogen) atoms. The SMILES string of the molecule is CCOC1CC(NCC2(C)CCN(C)CC2)C1. The summed E-state index contributed by atoms with van der Waals surface area (Å²) in [5.74, 6) is 0. The lowest BCUT2D eigenvalue weighted by Gasteiger charge is -2.42. The lowest BCUT2D eigenvalue weighted by molar-refractivity contribution is -0.0134. The zero-order valence-corrected chi connectivity index (χ0v) is 11.7. The van der Waals surface area contributed by atoms with Gasteiger partial charge in [0.05, 0.1) is 6.10 Å². The molecule has 100 valence electrons. The van der Waals surface area contributed by atoms with Crippen molar-refractivity contribution in [2.45, 2.75) is 51.7 Å². The minimum absolute atomic E-state index is 0.517. The minimum Gasteiger partial charge on any atom is -0.378 e. The first-order chi connectivity index (χ1) is 8.11. The molecule has 3 heteroatoms. The summed E-state index contributed by atoms with van der Waals surface area (Å²) in [7, 11) is 2.23. The van der Waals surface area contributed by atoms with Crippen molar-refractivity contribution in [3.8, 4) is 0 Å². The minimum atomic E-state index is 0.517. The maximum absolute atomic E-state index is 5.59. The molecule has 0 spiro atoms. The standard InChI is InChI=1S/C14H28N2O/c1-4-17-13-9-12(10-13)15-11-14(2)5-7-16(3)8-6-14/h12-13,15H,4-11H2,1-3H3. The first kappa shape index (κ1) is 13.3. The first-order valence-corrected chi connectivity index (χ1v) is 7.15. The highest BCUT2D eigenvalue weighted by molar-refractivity contribution is 4.90. The van der Waals surface area contributed by atoms with Gasteiger partial charge in [0.25, 0.3) is 0 Å². The fourth-order valence-electron chi connectivity index (χ4n) is 2.83. The predicted octanol–water partition coefficient (Wildman–Crippen LogP) is 1.88. The highest BCUT2D eigenvalue weighted by Gasteiger charge is 2.33. The van der Waals surface area contributed by atoms with Crippen LogP contribution in [0.4, 0.5) is 0 Å². The molecule has 2 fully saturated rings. The van der Waals surface area contributed by atoms with E-state index in [0.29, 0.717) is 17.6 Å². The molecule has 1 N–H and O–H groups in total. The molecule has 1 saturated carbocycles. The first-order valence-electron chi connectivity index (χ1n) is 7.15. The normalized spacial score (nSPS) is 33.4. The number of likely N-dealkylation sites (tertiary alicyclic amines) is 1. The molecule has 1 saturated heterocycles. The van der Waals surface area contributed by atoms with E-state index in [-0.39, 0.29) is 0 Å². The molecule has 1 aliphatic carbocycles. The average molecular weight is 240 g/mol. The van der Waals surface area contributed by atoms with Gasteiger partial charge in [-0.15, -0.1) is 0 Å². The van der Waals surface area contributed by atoms with Gasteiger partial charge < -0.3 is 15.0 Å². The number of rotatable bonds is 5. The third kappa shape index (κ3) is 3.67. The van der Waals surface area contributed by atoms with Crippen molar-refractivity contribution in [1.82, 2.24) is 10.2 Å².